The number of nitrogens with zero attached hydrogens (tertiary/aromatic N) is 4. The van der Waals surface area contributed by atoms with Crippen LogP contribution in [0.4, 0.5) is 0 Å². The lowest BCUT2D eigenvalue weighted by molar-refractivity contribution is 0.708. The zero-order chi connectivity index (χ0) is 14.6. The van der Waals surface area contributed by atoms with Crippen molar-refractivity contribution in [3.05, 3.63) is 40.7 Å². The van der Waals surface area contributed by atoms with Crippen molar-refractivity contribution < 1.29 is 0 Å². The third-order valence-electron chi connectivity index (χ3n) is 4.23. The second kappa shape index (κ2) is 4.70. The van der Waals surface area contributed by atoms with Crippen LogP contribution in [0.5, 0.6) is 0 Å². The van der Waals surface area contributed by atoms with Crippen LogP contribution in [-0.2, 0) is 12.8 Å². The molecule has 2 heterocycles. The molecule has 0 spiro atoms. The molecule has 2 aromatic rings. The van der Waals surface area contributed by atoms with Gasteiger partial charge in [-0.3, -0.25) is 0 Å². The summed E-state index contributed by atoms with van der Waals surface area (Å²) in [7, 11) is 0. The molecule has 4 rings (SSSR count). The summed E-state index contributed by atoms with van der Waals surface area (Å²) in [6.45, 7) is 6.57. The molecule has 1 aromatic heterocycles. The van der Waals surface area contributed by atoms with Crippen LogP contribution in [0.3, 0.4) is 0 Å². The average Bonchev–Trinajstić information content (AvgIpc) is 3.04. The summed E-state index contributed by atoms with van der Waals surface area (Å²) < 4.78 is 1.92. The van der Waals surface area contributed by atoms with Crippen molar-refractivity contribution in [3.63, 3.8) is 0 Å². The van der Waals surface area contributed by atoms with E-state index in [9.17, 15) is 0 Å². The Labute approximate surface area is 128 Å². The normalized spacial score (nSPS) is 19.2. The highest BCUT2D eigenvalue weighted by atomic mass is 32.2. The molecule has 0 fully saturated rings. The maximum absolute atomic E-state index is 4.84. The van der Waals surface area contributed by atoms with Gasteiger partial charge in [0, 0.05) is 12.0 Å². The molecule has 4 nitrogen and oxygen atoms in total. The van der Waals surface area contributed by atoms with E-state index in [1.165, 1.54) is 22.4 Å². The van der Waals surface area contributed by atoms with Crippen LogP contribution in [0.15, 0.2) is 28.5 Å². The molecule has 108 valence electrons. The Morgan fingerprint density at radius 2 is 2.19 bits per heavy atom. The third-order valence-corrected chi connectivity index (χ3v) is 5.37. The molecule has 0 bridgehead atoms. The van der Waals surface area contributed by atoms with Crippen molar-refractivity contribution in [3.8, 4) is 0 Å². The molecular formula is C16H18N4S. The fraction of sp³-hybridized carbons (Fsp3) is 0.438. The van der Waals surface area contributed by atoms with E-state index in [2.05, 4.69) is 49.2 Å². The molecule has 5 heteroatoms. The van der Waals surface area contributed by atoms with Crippen molar-refractivity contribution in [2.24, 2.45) is 5.10 Å². The summed E-state index contributed by atoms with van der Waals surface area (Å²) in [6, 6.07) is 6.83. The lowest BCUT2D eigenvalue weighted by atomic mass is 9.98. The Hall–Kier alpha value is -1.62. The predicted octanol–water partition coefficient (Wildman–Crippen LogP) is 3.25. The lowest BCUT2D eigenvalue weighted by Crippen LogP contribution is -2.20. The van der Waals surface area contributed by atoms with E-state index in [-0.39, 0.29) is 0 Å². The first-order valence-electron chi connectivity index (χ1n) is 7.50. The lowest BCUT2D eigenvalue weighted by Gasteiger charge is -2.16. The zero-order valence-corrected chi connectivity index (χ0v) is 13.3. The number of hydrogen-bond acceptors (Lipinski definition) is 4. The van der Waals surface area contributed by atoms with Gasteiger partial charge in [0.25, 0.3) is 0 Å². The number of aryl methyl sites for hydroxylation is 1. The zero-order valence-electron chi connectivity index (χ0n) is 12.5. The van der Waals surface area contributed by atoms with Crippen molar-refractivity contribution in [2.75, 3.05) is 0 Å². The van der Waals surface area contributed by atoms with Gasteiger partial charge in [-0.25, -0.2) is 0 Å². The minimum Gasteiger partial charge on any atom is -0.191 e. The Morgan fingerprint density at radius 3 is 2.95 bits per heavy atom. The smallest absolute Gasteiger partial charge is 0.191 e. The van der Waals surface area contributed by atoms with E-state index in [0.717, 1.165) is 23.8 Å². The standard InChI is InChI=1S/C16H18N4S/c1-4-14-17-18-16-20(14)19-15-12-6-5-10(9(2)3)7-11(12)8-13(15)21-16/h5-7,9,13H,4,8H2,1-3H3. The Kier molecular flexibility index (Phi) is 2.92. The van der Waals surface area contributed by atoms with Crippen molar-refractivity contribution in [2.45, 2.75) is 49.9 Å². The van der Waals surface area contributed by atoms with E-state index in [1.807, 2.05) is 4.68 Å². The van der Waals surface area contributed by atoms with Gasteiger partial charge in [0.2, 0.25) is 5.16 Å². The molecule has 1 aliphatic carbocycles. The SMILES string of the molecule is CCc1nnc2n1N=C1c3ccc(C(C)C)cc3CC1S2. The van der Waals surface area contributed by atoms with Crippen LogP contribution in [0.25, 0.3) is 0 Å². The maximum Gasteiger partial charge on any atom is 0.212 e. The summed E-state index contributed by atoms with van der Waals surface area (Å²) in [6.07, 6.45) is 1.90. The molecule has 2 aliphatic rings. The van der Waals surface area contributed by atoms with E-state index >= 15 is 0 Å². The number of aromatic nitrogens is 3. The van der Waals surface area contributed by atoms with E-state index in [1.54, 1.807) is 11.8 Å². The number of rotatable bonds is 2. The van der Waals surface area contributed by atoms with Crippen molar-refractivity contribution in [1.82, 2.24) is 14.9 Å². The summed E-state index contributed by atoms with van der Waals surface area (Å²) >= 11 is 1.79. The number of fused-ring (bicyclic) bond motifs is 4. The highest BCUT2D eigenvalue weighted by Gasteiger charge is 2.35. The van der Waals surface area contributed by atoms with Gasteiger partial charge in [-0.2, -0.15) is 9.78 Å². The van der Waals surface area contributed by atoms with Gasteiger partial charge in [0.1, 0.15) is 0 Å². The highest BCUT2D eigenvalue weighted by Crippen LogP contribution is 2.38. The van der Waals surface area contributed by atoms with Gasteiger partial charge in [-0.15, -0.1) is 10.2 Å². The largest absolute Gasteiger partial charge is 0.212 e. The van der Waals surface area contributed by atoms with Gasteiger partial charge < -0.3 is 0 Å². The van der Waals surface area contributed by atoms with E-state index in [4.69, 9.17) is 5.10 Å². The molecule has 0 amide bonds. The fourth-order valence-corrected chi connectivity index (χ4v) is 4.14. The number of benzene rings is 1. The predicted molar refractivity (Wildman–Crippen MR) is 85.2 cm³/mol. The monoisotopic (exact) mass is 298 g/mol. The molecule has 0 saturated carbocycles. The molecule has 0 radical (unpaired) electrons. The van der Waals surface area contributed by atoms with Crippen LogP contribution in [0.2, 0.25) is 0 Å². The minimum atomic E-state index is 0.392. The van der Waals surface area contributed by atoms with Crippen LogP contribution in [0.1, 0.15) is 49.2 Å². The topological polar surface area (TPSA) is 43.1 Å². The maximum atomic E-state index is 4.84. The molecule has 0 N–H and O–H groups in total. The number of thioether (sulfide) groups is 1. The van der Waals surface area contributed by atoms with Gasteiger partial charge in [0.05, 0.1) is 11.0 Å². The highest BCUT2D eigenvalue weighted by molar-refractivity contribution is 8.00. The van der Waals surface area contributed by atoms with E-state index < -0.39 is 0 Å². The molecule has 1 aliphatic heterocycles. The van der Waals surface area contributed by atoms with Crippen LogP contribution in [0, 0.1) is 0 Å². The molecule has 1 atom stereocenters. The van der Waals surface area contributed by atoms with Crippen LogP contribution < -0.4 is 0 Å². The average molecular weight is 298 g/mol. The first-order chi connectivity index (χ1) is 10.2. The molecule has 1 aromatic carbocycles. The van der Waals surface area contributed by atoms with Crippen LogP contribution >= 0.6 is 11.8 Å². The Morgan fingerprint density at radius 1 is 1.33 bits per heavy atom. The van der Waals surface area contributed by atoms with E-state index in [0.29, 0.717) is 11.2 Å². The van der Waals surface area contributed by atoms with Crippen molar-refractivity contribution >= 4 is 17.5 Å². The third kappa shape index (κ3) is 1.94. The second-order valence-electron chi connectivity index (χ2n) is 5.93. The van der Waals surface area contributed by atoms with Gasteiger partial charge in [-0.1, -0.05) is 50.7 Å². The fourth-order valence-electron chi connectivity index (χ4n) is 3.00. The summed E-state index contributed by atoms with van der Waals surface area (Å²) in [5, 5.41) is 14.6. The number of hydrogen-bond donors (Lipinski definition) is 0. The second-order valence-corrected chi connectivity index (χ2v) is 7.10. The minimum absolute atomic E-state index is 0.392. The Bertz CT molecular complexity index is 745. The summed E-state index contributed by atoms with van der Waals surface area (Å²) in [5.74, 6) is 1.51. The molecular weight excluding hydrogens is 280 g/mol. The van der Waals surface area contributed by atoms with Gasteiger partial charge in [-0.05, 0) is 23.5 Å². The van der Waals surface area contributed by atoms with Crippen LogP contribution in [-0.4, -0.2) is 25.8 Å². The first kappa shape index (κ1) is 13.1. The summed E-state index contributed by atoms with van der Waals surface area (Å²) in [5.41, 5.74) is 5.33. The molecule has 1 unspecified atom stereocenters. The molecule has 21 heavy (non-hydrogen) atoms. The van der Waals surface area contributed by atoms with Gasteiger partial charge in [0.15, 0.2) is 5.82 Å². The molecule has 0 saturated heterocycles. The summed E-state index contributed by atoms with van der Waals surface area (Å²) in [4.78, 5) is 0. The quantitative estimate of drug-likeness (QED) is 0.855. The van der Waals surface area contributed by atoms with Gasteiger partial charge >= 0.3 is 0 Å². The first-order valence-corrected chi connectivity index (χ1v) is 8.38. The Balaban J connectivity index is 1.81. The van der Waals surface area contributed by atoms with Crippen molar-refractivity contribution in [1.29, 1.82) is 0 Å².